The average molecular weight is 445 g/mol. The lowest BCUT2D eigenvalue weighted by atomic mass is 9.82. The number of carbonyl (C=O) groups excluding carboxylic acids is 1. The molecule has 0 unspecified atom stereocenters. The Kier molecular flexibility index (Phi) is 8.33. The summed E-state index contributed by atoms with van der Waals surface area (Å²) in [7, 11) is 0. The van der Waals surface area contributed by atoms with Gasteiger partial charge in [-0.2, -0.15) is 0 Å². The average Bonchev–Trinajstić information content (AvgIpc) is 3.02. The van der Waals surface area contributed by atoms with E-state index < -0.39 is 0 Å². The summed E-state index contributed by atoms with van der Waals surface area (Å²) < 4.78 is 0. The van der Waals surface area contributed by atoms with Crippen molar-refractivity contribution >= 4 is 11.6 Å². The van der Waals surface area contributed by atoms with Gasteiger partial charge in [0, 0.05) is 49.7 Å². The lowest BCUT2D eigenvalue weighted by molar-refractivity contribution is 0.0729. The predicted octanol–water partition coefficient (Wildman–Crippen LogP) is 4.22. The number of carbonyl (C=O) groups is 1. The molecular formula is C27H32N4O2. The maximum Gasteiger partial charge on any atom is 0.255 e. The van der Waals surface area contributed by atoms with Gasteiger partial charge in [-0.3, -0.25) is 14.8 Å². The fraction of sp³-hybridized carbons (Fsp3) is 0.296. The van der Waals surface area contributed by atoms with E-state index in [2.05, 4.69) is 28.7 Å². The molecule has 2 aromatic heterocycles. The van der Waals surface area contributed by atoms with Crippen molar-refractivity contribution < 1.29 is 9.90 Å². The molecule has 0 saturated carbocycles. The highest BCUT2D eigenvalue weighted by atomic mass is 16.3. The van der Waals surface area contributed by atoms with Gasteiger partial charge in [-0.25, -0.2) is 0 Å². The Balaban J connectivity index is 1.93. The Labute approximate surface area is 195 Å². The lowest BCUT2D eigenvalue weighted by Gasteiger charge is -2.24. The van der Waals surface area contributed by atoms with Gasteiger partial charge in [0.25, 0.3) is 5.91 Å². The van der Waals surface area contributed by atoms with E-state index in [-0.39, 0.29) is 24.3 Å². The molecule has 2 aromatic rings. The van der Waals surface area contributed by atoms with Gasteiger partial charge in [0.15, 0.2) is 0 Å². The molecule has 0 fully saturated rings. The van der Waals surface area contributed by atoms with Crippen LogP contribution in [0.3, 0.4) is 0 Å². The number of nitrogens with zero attached hydrogens (tertiary/aromatic N) is 3. The van der Waals surface area contributed by atoms with Gasteiger partial charge in [0.1, 0.15) is 0 Å². The zero-order valence-electron chi connectivity index (χ0n) is 19.3. The molecule has 1 amide bonds. The Bertz CT molecular complexity index is 1090. The van der Waals surface area contributed by atoms with E-state index in [9.17, 15) is 9.90 Å². The summed E-state index contributed by atoms with van der Waals surface area (Å²) in [5.74, 6) is -0.409. The van der Waals surface area contributed by atoms with E-state index in [4.69, 9.17) is 5.73 Å². The summed E-state index contributed by atoms with van der Waals surface area (Å²) in [6.07, 6.45) is 17.4. The van der Waals surface area contributed by atoms with Gasteiger partial charge >= 0.3 is 0 Å². The van der Waals surface area contributed by atoms with E-state index in [0.29, 0.717) is 30.8 Å². The van der Waals surface area contributed by atoms with Crippen molar-refractivity contribution in [2.45, 2.75) is 26.2 Å². The molecule has 0 aliphatic carbocycles. The topological polar surface area (TPSA) is 92.3 Å². The van der Waals surface area contributed by atoms with E-state index in [1.54, 1.807) is 11.0 Å². The van der Waals surface area contributed by atoms with E-state index in [1.165, 1.54) is 12.4 Å². The van der Waals surface area contributed by atoms with E-state index in [0.717, 1.165) is 22.3 Å². The van der Waals surface area contributed by atoms with Crippen LogP contribution in [0, 0.1) is 12.8 Å². The smallest absolute Gasteiger partial charge is 0.255 e. The standard InChI is InChI=1S/C27H32N4O2/c1-4-5-6-7-20(3)26(23-10-19(2)13-29-14-23)22-8-9-31(17-21(11-22)18-32)27(33)24-12-25(28)16-30-15-24/h4-7,10-16,21,26,32H,3,8-9,17-18,28H2,1-2H3/b5-4-,7-6-/t21-,26+/m0/s1. The van der Waals surface area contributed by atoms with Gasteiger partial charge in [-0.15, -0.1) is 0 Å². The SMILES string of the molecule is C=C(/C=C\C=C/C)[C@H](C1=C[C@H](CO)CN(C(=O)c2cncc(N)c2)CC1)c1cncc(C)c1. The molecule has 6 heteroatoms. The lowest BCUT2D eigenvalue weighted by Crippen LogP contribution is -2.35. The molecule has 3 rings (SSSR count). The minimum Gasteiger partial charge on any atom is -0.397 e. The number of aryl methyl sites for hydroxylation is 1. The Morgan fingerprint density at radius 3 is 2.76 bits per heavy atom. The van der Waals surface area contributed by atoms with Gasteiger partial charge in [0.05, 0.1) is 17.9 Å². The second-order valence-corrected chi connectivity index (χ2v) is 8.38. The normalized spacial score (nSPS) is 17.7. The molecule has 172 valence electrons. The van der Waals surface area contributed by atoms with Gasteiger partial charge < -0.3 is 15.7 Å². The van der Waals surface area contributed by atoms with Crippen molar-refractivity contribution in [3.05, 3.63) is 102 Å². The highest BCUT2D eigenvalue weighted by Crippen LogP contribution is 2.36. The molecule has 3 heterocycles. The minimum absolute atomic E-state index is 0.0534. The number of allylic oxidation sites excluding steroid dienone is 5. The number of hydrogen-bond donors (Lipinski definition) is 2. The highest BCUT2D eigenvalue weighted by molar-refractivity contribution is 5.94. The summed E-state index contributed by atoms with van der Waals surface area (Å²) in [5.41, 5.74) is 10.9. The fourth-order valence-electron chi connectivity index (χ4n) is 4.16. The molecular weight excluding hydrogens is 412 g/mol. The predicted molar refractivity (Wildman–Crippen MR) is 133 cm³/mol. The number of anilines is 1. The molecule has 3 N–H and O–H groups in total. The van der Waals surface area contributed by atoms with Gasteiger partial charge in [-0.1, -0.05) is 48.6 Å². The number of nitrogens with two attached hydrogens (primary N) is 1. The monoisotopic (exact) mass is 444 g/mol. The number of aromatic nitrogens is 2. The van der Waals surface area contributed by atoms with Crippen molar-refractivity contribution in [2.24, 2.45) is 5.92 Å². The molecule has 0 aromatic carbocycles. The van der Waals surface area contributed by atoms with Gasteiger partial charge in [-0.05, 0) is 43.0 Å². The molecule has 0 spiro atoms. The van der Waals surface area contributed by atoms with E-state index >= 15 is 0 Å². The van der Waals surface area contributed by atoms with E-state index in [1.807, 2.05) is 50.5 Å². The molecule has 2 atom stereocenters. The maximum absolute atomic E-state index is 13.1. The maximum atomic E-state index is 13.1. The molecule has 6 nitrogen and oxygen atoms in total. The molecule has 0 radical (unpaired) electrons. The number of nitrogen functional groups attached to an aromatic ring is 1. The van der Waals surface area contributed by atoms with Crippen molar-refractivity contribution in [3.8, 4) is 0 Å². The Morgan fingerprint density at radius 1 is 1.27 bits per heavy atom. The zero-order valence-corrected chi connectivity index (χ0v) is 19.3. The highest BCUT2D eigenvalue weighted by Gasteiger charge is 2.27. The van der Waals surface area contributed by atoms with Crippen molar-refractivity contribution in [3.63, 3.8) is 0 Å². The summed E-state index contributed by atoms with van der Waals surface area (Å²) in [6.45, 7) is 9.23. The number of amides is 1. The Hall–Kier alpha value is -3.51. The third-order valence-electron chi connectivity index (χ3n) is 5.69. The minimum atomic E-state index is -0.187. The zero-order chi connectivity index (χ0) is 23.8. The van der Waals surface area contributed by atoms with Gasteiger partial charge in [0.2, 0.25) is 0 Å². The van der Waals surface area contributed by atoms with Crippen LogP contribution in [-0.2, 0) is 0 Å². The summed E-state index contributed by atoms with van der Waals surface area (Å²) in [4.78, 5) is 23.4. The molecule has 33 heavy (non-hydrogen) atoms. The molecule has 1 aliphatic heterocycles. The Morgan fingerprint density at radius 2 is 2.06 bits per heavy atom. The van der Waals surface area contributed by atoms with Crippen molar-refractivity contribution in [1.29, 1.82) is 0 Å². The largest absolute Gasteiger partial charge is 0.397 e. The van der Waals surface area contributed by atoms with Crippen LogP contribution in [0.15, 0.2) is 85.0 Å². The number of hydrogen-bond acceptors (Lipinski definition) is 5. The first kappa shape index (κ1) is 24.1. The van der Waals surface area contributed by atoms with Crippen LogP contribution < -0.4 is 5.73 Å². The van der Waals surface area contributed by atoms with Crippen LogP contribution in [0.4, 0.5) is 5.69 Å². The number of aliphatic hydroxyl groups is 1. The number of pyridine rings is 2. The van der Waals surface area contributed by atoms with Crippen LogP contribution in [0.2, 0.25) is 0 Å². The molecule has 0 saturated heterocycles. The van der Waals surface area contributed by atoms with Crippen LogP contribution in [0.1, 0.15) is 40.7 Å². The van der Waals surface area contributed by atoms with Crippen LogP contribution in [0.5, 0.6) is 0 Å². The van der Waals surface area contributed by atoms with Crippen molar-refractivity contribution in [1.82, 2.24) is 14.9 Å². The quantitative estimate of drug-likeness (QED) is 0.493. The summed E-state index contributed by atoms with van der Waals surface area (Å²) in [6, 6.07) is 3.75. The summed E-state index contributed by atoms with van der Waals surface area (Å²) >= 11 is 0. The number of rotatable bonds is 7. The second kappa shape index (κ2) is 11.4. The van der Waals surface area contributed by atoms with Crippen LogP contribution >= 0.6 is 0 Å². The third-order valence-corrected chi connectivity index (χ3v) is 5.69. The molecule has 0 bridgehead atoms. The van der Waals surface area contributed by atoms with Crippen LogP contribution in [-0.4, -0.2) is 45.6 Å². The molecule has 1 aliphatic rings. The first-order valence-corrected chi connectivity index (χ1v) is 11.1. The first-order chi connectivity index (χ1) is 15.9. The summed E-state index contributed by atoms with van der Waals surface area (Å²) in [5, 5.41) is 10.1. The first-order valence-electron chi connectivity index (χ1n) is 11.1. The number of aliphatic hydroxyl groups excluding tert-OH is 1. The van der Waals surface area contributed by atoms with Crippen molar-refractivity contribution in [2.75, 3.05) is 25.4 Å². The third kappa shape index (κ3) is 6.26. The fourth-order valence-corrected chi connectivity index (χ4v) is 4.16. The van der Waals surface area contributed by atoms with Crippen LogP contribution in [0.25, 0.3) is 0 Å². The second-order valence-electron chi connectivity index (χ2n) is 8.38.